The molecule has 0 aromatic heterocycles. The van der Waals surface area contributed by atoms with Crippen molar-refractivity contribution in [3.63, 3.8) is 0 Å². The highest BCUT2D eigenvalue weighted by atomic mass is 16.5. The summed E-state index contributed by atoms with van der Waals surface area (Å²) in [5.74, 6) is 1.16. The number of esters is 1. The maximum absolute atomic E-state index is 12.9. The zero-order chi connectivity index (χ0) is 22.7. The molecule has 5 heteroatoms. The summed E-state index contributed by atoms with van der Waals surface area (Å²) in [4.78, 5) is 25.3. The van der Waals surface area contributed by atoms with Gasteiger partial charge in [-0.2, -0.15) is 0 Å². The van der Waals surface area contributed by atoms with Crippen molar-refractivity contribution in [3.8, 4) is 17.2 Å². The molecule has 0 saturated carbocycles. The quantitative estimate of drug-likeness (QED) is 0.302. The highest BCUT2D eigenvalue weighted by Gasteiger charge is 2.30. The van der Waals surface area contributed by atoms with E-state index in [1.807, 2.05) is 36.4 Å². The number of rotatable bonds is 6. The van der Waals surface area contributed by atoms with Gasteiger partial charge in [0, 0.05) is 6.07 Å². The third-order valence-electron chi connectivity index (χ3n) is 5.37. The molecule has 0 N–H and O–H groups in total. The van der Waals surface area contributed by atoms with Crippen LogP contribution >= 0.6 is 0 Å². The monoisotopic (exact) mass is 428 g/mol. The number of carbonyl (C=O) groups is 2. The van der Waals surface area contributed by atoms with Crippen molar-refractivity contribution in [1.29, 1.82) is 0 Å². The lowest BCUT2D eigenvalue weighted by molar-refractivity contribution is -0.133. The van der Waals surface area contributed by atoms with Gasteiger partial charge in [-0.1, -0.05) is 43.3 Å². The number of hydrogen-bond donors (Lipinski definition) is 0. The van der Waals surface area contributed by atoms with E-state index >= 15 is 0 Å². The van der Waals surface area contributed by atoms with Gasteiger partial charge < -0.3 is 14.2 Å². The van der Waals surface area contributed by atoms with E-state index in [1.165, 1.54) is 5.56 Å². The molecular formula is C27H24O5. The average Bonchev–Trinajstić information content (AvgIpc) is 3.10. The summed E-state index contributed by atoms with van der Waals surface area (Å²) in [6, 6.07) is 18.5. The number of ether oxygens (including phenoxy) is 3. The summed E-state index contributed by atoms with van der Waals surface area (Å²) in [6.07, 6.45) is 2.81. The van der Waals surface area contributed by atoms with Crippen LogP contribution in [0.5, 0.6) is 17.2 Å². The predicted molar refractivity (Wildman–Crippen MR) is 122 cm³/mol. The molecule has 0 spiro atoms. The van der Waals surface area contributed by atoms with Crippen molar-refractivity contribution in [2.24, 2.45) is 0 Å². The summed E-state index contributed by atoms with van der Waals surface area (Å²) < 4.78 is 16.5. The number of fused-ring (bicyclic) bond motifs is 1. The Bertz CT molecular complexity index is 1190. The van der Waals surface area contributed by atoms with Crippen LogP contribution in [-0.4, -0.2) is 18.9 Å². The largest absolute Gasteiger partial charge is 0.497 e. The first kappa shape index (κ1) is 21.4. The van der Waals surface area contributed by atoms with Gasteiger partial charge in [0.2, 0.25) is 5.78 Å². The van der Waals surface area contributed by atoms with Gasteiger partial charge in [-0.25, -0.2) is 0 Å². The van der Waals surface area contributed by atoms with Crippen molar-refractivity contribution in [1.82, 2.24) is 0 Å². The Labute approximate surface area is 187 Å². The van der Waals surface area contributed by atoms with Gasteiger partial charge >= 0.3 is 5.97 Å². The van der Waals surface area contributed by atoms with E-state index in [4.69, 9.17) is 14.2 Å². The number of benzene rings is 3. The summed E-state index contributed by atoms with van der Waals surface area (Å²) >= 11 is 0. The molecule has 0 unspecified atom stereocenters. The molecule has 1 aliphatic rings. The maximum Gasteiger partial charge on any atom is 0.315 e. The van der Waals surface area contributed by atoms with E-state index in [-0.39, 0.29) is 18.0 Å². The third kappa shape index (κ3) is 4.57. The van der Waals surface area contributed by atoms with Crippen molar-refractivity contribution in [2.75, 3.05) is 7.11 Å². The number of hydrogen-bond acceptors (Lipinski definition) is 5. The minimum atomic E-state index is -0.398. The summed E-state index contributed by atoms with van der Waals surface area (Å²) in [5, 5.41) is 0. The van der Waals surface area contributed by atoms with Gasteiger partial charge in [0.15, 0.2) is 5.76 Å². The molecule has 4 rings (SSSR count). The molecule has 0 radical (unpaired) electrons. The van der Waals surface area contributed by atoms with E-state index in [0.717, 1.165) is 23.3 Å². The van der Waals surface area contributed by atoms with E-state index in [2.05, 4.69) is 6.92 Å². The molecule has 0 amide bonds. The Kier molecular flexibility index (Phi) is 6.08. The lowest BCUT2D eigenvalue weighted by Crippen LogP contribution is -2.11. The SMILES string of the molecule is CCc1ccc(/C=C2\Oc3cc(OC(=O)Cc4ccc(OC)cc4)cc(C)c3C2=O)cc1. The smallest absolute Gasteiger partial charge is 0.315 e. The number of allylic oxidation sites excluding steroid dienone is 1. The van der Waals surface area contributed by atoms with E-state index in [9.17, 15) is 9.59 Å². The molecule has 3 aromatic rings. The highest BCUT2D eigenvalue weighted by Crippen LogP contribution is 2.37. The highest BCUT2D eigenvalue weighted by molar-refractivity contribution is 6.15. The maximum atomic E-state index is 12.9. The molecule has 1 heterocycles. The van der Waals surface area contributed by atoms with Crippen molar-refractivity contribution >= 4 is 17.8 Å². The van der Waals surface area contributed by atoms with Crippen LogP contribution in [-0.2, 0) is 17.6 Å². The van der Waals surface area contributed by atoms with Crippen LogP contribution in [0, 0.1) is 6.92 Å². The van der Waals surface area contributed by atoms with Crippen LogP contribution in [0.3, 0.4) is 0 Å². The van der Waals surface area contributed by atoms with Crippen LogP contribution in [0.15, 0.2) is 66.4 Å². The van der Waals surface area contributed by atoms with Crippen molar-refractivity contribution in [3.05, 3.63) is 94.2 Å². The van der Waals surface area contributed by atoms with Crippen LogP contribution in [0.4, 0.5) is 0 Å². The molecule has 0 aliphatic carbocycles. The van der Waals surface area contributed by atoms with Gasteiger partial charge in [-0.05, 0) is 59.9 Å². The fourth-order valence-electron chi connectivity index (χ4n) is 3.61. The standard InChI is InChI=1S/C27H24O5/c1-4-18-5-7-19(8-6-18)14-24-27(29)26-17(2)13-22(16-23(26)32-24)31-25(28)15-20-9-11-21(30-3)12-10-20/h5-14,16H,4,15H2,1-3H3/b24-14-. The van der Waals surface area contributed by atoms with Gasteiger partial charge in [-0.3, -0.25) is 9.59 Å². The molecule has 0 bridgehead atoms. The Morgan fingerprint density at radius 2 is 1.66 bits per heavy atom. The zero-order valence-electron chi connectivity index (χ0n) is 18.3. The molecule has 0 saturated heterocycles. The molecule has 32 heavy (non-hydrogen) atoms. The lowest BCUT2D eigenvalue weighted by atomic mass is 10.0. The molecule has 5 nitrogen and oxygen atoms in total. The van der Waals surface area contributed by atoms with Crippen LogP contribution in [0.1, 0.15) is 39.5 Å². The molecule has 0 fully saturated rings. The van der Waals surface area contributed by atoms with E-state index < -0.39 is 5.97 Å². The molecule has 1 aliphatic heterocycles. The summed E-state index contributed by atoms with van der Waals surface area (Å²) in [7, 11) is 1.59. The fourth-order valence-corrected chi connectivity index (χ4v) is 3.61. The topological polar surface area (TPSA) is 61.8 Å². The lowest BCUT2D eigenvalue weighted by Gasteiger charge is -2.08. The minimum Gasteiger partial charge on any atom is -0.497 e. The Hall–Kier alpha value is -3.86. The first-order chi connectivity index (χ1) is 15.5. The Morgan fingerprint density at radius 3 is 2.31 bits per heavy atom. The van der Waals surface area contributed by atoms with Gasteiger partial charge in [-0.15, -0.1) is 0 Å². The van der Waals surface area contributed by atoms with E-state index in [1.54, 1.807) is 44.4 Å². The fraction of sp³-hybridized carbons (Fsp3) is 0.185. The normalized spacial score (nSPS) is 13.6. The van der Waals surface area contributed by atoms with Crippen LogP contribution in [0.25, 0.3) is 6.08 Å². The minimum absolute atomic E-state index is 0.124. The first-order valence-electron chi connectivity index (χ1n) is 10.5. The second-order valence-electron chi connectivity index (χ2n) is 7.65. The van der Waals surface area contributed by atoms with Crippen LogP contribution in [0.2, 0.25) is 0 Å². The zero-order valence-corrected chi connectivity index (χ0v) is 18.3. The van der Waals surface area contributed by atoms with E-state index in [0.29, 0.717) is 22.6 Å². The van der Waals surface area contributed by atoms with Crippen molar-refractivity contribution < 1.29 is 23.8 Å². The predicted octanol–water partition coefficient (Wildman–Crippen LogP) is 5.33. The first-order valence-corrected chi connectivity index (χ1v) is 10.5. The second kappa shape index (κ2) is 9.10. The Balaban J connectivity index is 1.49. The number of methoxy groups -OCH3 is 1. The Morgan fingerprint density at radius 1 is 0.969 bits per heavy atom. The number of Topliss-reactive ketones (excluding diaryl/α,β-unsaturated/α-hetero) is 1. The number of aryl methyl sites for hydroxylation is 2. The number of ketones is 1. The van der Waals surface area contributed by atoms with Gasteiger partial charge in [0.1, 0.15) is 17.2 Å². The summed E-state index contributed by atoms with van der Waals surface area (Å²) in [5.41, 5.74) is 4.13. The molecule has 162 valence electrons. The van der Waals surface area contributed by atoms with Gasteiger partial charge in [0.25, 0.3) is 0 Å². The molecule has 0 atom stereocenters. The average molecular weight is 428 g/mol. The number of carbonyl (C=O) groups excluding carboxylic acids is 2. The van der Waals surface area contributed by atoms with Gasteiger partial charge in [0.05, 0.1) is 19.1 Å². The third-order valence-corrected chi connectivity index (χ3v) is 5.37. The second-order valence-corrected chi connectivity index (χ2v) is 7.65. The molecular weight excluding hydrogens is 404 g/mol. The molecule has 3 aromatic carbocycles. The van der Waals surface area contributed by atoms with Crippen LogP contribution < -0.4 is 14.2 Å². The van der Waals surface area contributed by atoms with Crippen molar-refractivity contribution in [2.45, 2.75) is 26.7 Å². The summed E-state index contributed by atoms with van der Waals surface area (Å²) in [6.45, 7) is 3.90.